The van der Waals surface area contributed by atoms with Crippen LogP contribution < -0.4 is 0 Å². The van der Waals surface area contributed by atoms with Crippen molar-refractivity contribution < 1.29 is 14.4 Å². The first-order valence-corrected chi connectivity index (χ1v) is 9.23. The Hall–Kier alpha value is -2.03. The van der Waals surface area contributed by atoms with E-state index in [9.17, 15) is 14.4 Å². The highest BCUT2D eigenvalue weighted by Crippen LogP contribution is 2.11. The monoisotopic (exact) mass is 369 g/mol. The molecule has 3 amide bonds. The average Bonchev–Trinajstić information content (AvgIpc) is 3.02. The standard InChI is InChI=1S/C12H21N3O3.C4H6N2S/c1-4-10(16)13-7-14(11(17)5-2)9-15(8-13)12(18)6-3;1-3-5-6-4(2)7-3/h4-9H2,1-3H3;1-2H3. The summed E-state index contributed by atoms with van der Waals surface area (Å²) in [5.41, 5.74) is 0. The molecule has 25 heavy (non-hydrogen) atoms. The second-order valence-corrected chi connectivity index (χ2v) is 7.01. The number of rotatable bonds is 3. The minimum Gasteiger partial charge on any atom is -0.307 e. The molecule has 0 aromatic carbocycles. The molecule has 0 aliphatic carbocycles. The van der Waals surface area contributed by atoms with E-state index in [0.717, 1.165) is 10.0 Å². The third-order valence-corrected chi connectivity index (χ3v) is 4.37. The lowest BCUT2D eigenvalue weighted by molar-refractivity contribution is -0.158. The summed E-state index contributed by atoms with van der Waals surface area (Å²) in [4.78, 5) is 39.8. The minimum absolute atomic E-state index is 0.0440. The Bertz CT molecular complexity index is 530. The summed E-state index contributed by atoms with van der Waals surface area (Å²) in [7, 11) is 0. The summed E-state index contributed by atoms with van der Waals surface area (Å²) >= 11 is 1.62. The maximum absolute atomic E-state index is 11.7. The van der Waals surface area contributed by atoms with Crippen LogP contribution in [0.25, 0.3) is 0 Å². The topological polar surface area (TPSA) is 86.7 Å². The van der Waals surface area contributed by atoms with Crippen molar-refractivity contribution in [2.45, 2.75) is 53.9 Å². The van der Waals surface area contributed by atoms with Crippen molar-refractivity contribution >= 4 is 29.1 Å². The van der Waals surface area contributed by atoms with Gasteiger partial charge in [0.15, 0.2) is 0 Å². The van der Waals surface area contributed by atoms with E-state index in [2.05, 4.69) is 10.2 Å². The second kappa shape index (κ2) is 10.1. The summed E-state index contributed by atoms with van der Waals surface area (Å²) in [5, 5.41) is 9.65. The predicted molar refractivity (Wildman–Crippen MR) is 95.4 cm³/mol. The molecule has 1 fully saturated rings. The fraction of sp³-hybridized carbons (Fsp3) is 0.688. The Morgan fingerprint density at radius 1 is 0.760 bits per heavy atom. The largest absolute Gasteiger partial charge is 0.307 e. The number of carbonyl (C=O) groups excluding carboxylic acids is 3. The lowest BCUT2D eigenvalue weighted by Gasteiger charge is -2.42. The zero-order chi connectivity index (χ0) is 19.0. The van der Waals surface area contributed by atoms with E-state index in [1.165, 1.54) is 0 Å². The Kier molecular flexibility index (Phi) is 8.47. The number of amides is 3. The van der Waals surface area contributed by atoms with Crippen molar-refractivity contribution in [3.63, 3.8) is 0 Å². The first-order valence-electron chi connectivity index (χ1n) is 8.42. The molecule has 1 aromatic heterocycles. The van der Waals surface area contributed by atoms with Crippen LogP contribution in [0.4, 0.5) is 0 Å². The van der Waals surface area contributed by atoms with Gasteiger partial charge < -0.3 is 14.7 Å². The highest BCUT2D eigenvalue weighted by molar-refractivity contribution is 7.11. The molecule has 1 saturated heterocycles. The van der Waals surface area contributed by atoms with Crippen LogP contribution in [0.15, 0.2) is 0 Å². The number of hydrogen-bond acceptors (Lipinski definition) is 6. The molecule has 0 saturated carbocycles. The summed E-state index contributed by atoms with van der Waals surface area (Å²) in [6.07, 6.45) is 1.13. The fourth-order valence-electron chi connectivity index (χ4n) is 2.29. The van der Waals surface area contributed by atoms with Gasteiger partial charge in [-0.1, -0.05) is 20.8 Å². The summed E-state index contributed by atoms with van der Waals surface area (Å²) in [6, 6.07) is 0. The molecule has 1 aromatic rings. The van der Waals surface area contributed by atoms with E-state index in [1.54, 1.807) is 46.8 Å². The molecule has 0 radical (unpaired) electrons. The van der Waals surface area contributed by atoms with Gasteiger partial charge in [-0.3, -0.25) is 14.4 Å². The molecule has 2 rings (SSSR count). The zero-order valence-electron chi connectivity index (χ0n) is 15.6. The number of aryl methyl sites for hydroxylation is 2. The van der Waals surface area contributed by atoms with Gasteiger partial charge in [-0.25, -0.2) is 0 Å². The third kappa shape index (κ3) is 6.41. The molecule has 1 aliphatic rings. The SMILES string of the molecule is CCC(=O)N1CN(C(=O)CC)CN(C(=O)CC)C1.Cc1nnc(C)s1. The molecule has 0 atom stereocenters. The van der Waals surface area contributed by atoms with Gasteiger partial charge in [0.1, 0.15) is 10.0 Å². The van der Waals surface area contributed by atoms with Gasteiger partial charge >= 0.3 is 0 Å². The number of aromatic nitrogens is 2. The van der Waals surface area contributed by atoms with E-state index >= 15 is 0 Å². The van der Waals surface area contributed by atoms with E-state index in [1.807, 2.05) is 13.8 Å². The van der Waals surface area contributed by atoms with Gasteiger partial charge in [0.25, 0.3) is 0 Å². The van der Waals surface area contributed by atoms with Gasteiger partial charge in [-0.05, 0) is 13.8 Å². The van der Waals surface area contributed by atoms with Gasteiger partial charge in [-0.15, -0.1) is 21.5 Å². The molecule has 1 aliphatic heterocycles. The molecular formula is C16H27N5O3S. The normalized spacial score (nSPS) is 14.0. The Labute approximate surface area is 152 Å². The molecule has 9 heteroatoms. The number of carbonyl (C=O) groups is 3. The van der Waals surface area contributed by atoms with Crippen molar-refractivity contribution in [1.82, 2.24) is 24.9 Å². The average molecular weight is 369 g/mol. The summed E-state index contributed by atoms with van der Waals surface area (Å²) in [5.74, 6) is -0.132. The van der Waals surface area contributed by atoms with Crippen LogP contribution in [0.5, 0.6) is 0 Å². The Balaban J connectivity index is 0.000000370. The molecule has 8 nitrogen and oxygen atoms in total. The molecular weight excluding hydrogens is 342 g/mol. The van der Waals surface area contributed by atoms with Crippen molar-refractivity contribution in [3.05, 3.63) is 10.0 Å². The first kappa shape index (κ1) is 21.0. The fourth-order valence-corrected chi connectivity index (χ4v) is 2.88. The molecule has 0 unspecified atom stereocenters. The quantitative estimate of drug-likeness (QED) is 0.810. The third-order valence-electron chi connectivity index (χ3n) is 3.62. The van der Waals surface area contributed by atoms with Crippen LogP contribution in [0.2, 0.25) is 0 Å². The predicted octanol–water partition coefficient (Wildman–Crippen LogP) is 1.74. The number of nitrogens with zero attached hydrogens (tertiary/aromatic N) is 5. The summed E-state index contributed by atoms with van der Waals surface area (Å²) < 4.78 is 0. The van der Waals surface area contributed by atoms with E-state index in [4.69, 9.17) is 0 Å². The molecule has 140 valence electrons. The van der Waals surface area contributed by atoms with Crippen molar-refractivity contribution in [3.8, 4) is 0 Å². The van der Waals surface area contributed by atoms with Crippen LogP contribution >= 0.6 is 11.3 Å². The van der Waals surface area contributed by atoms with Crippen LogP contribution in [0, 0.1) is 13.8 Å². The lowest BCUT2D eigenvalue weighted by atomic mass is 10.3. The number of hydrogen-bond donors (Lipinski definition) is 0. The van der Waals surface area contributed by atoms with E-state index in [-0.39, 0.29) is 37.7 Å². The smallest absolute Gasteiger partial charge is 0.225 e. The van der Waals surface area contributed by atoms with Crippen LogP contribution in [-0.4, -0.2) is 62.6 Å². The molecule has 0 N–H and O–H groups in total. The van der Waals surface area contributed by atoms with Crippen LogP contribution in [-0.2, 0) is 14.4 Å². The van der Waals surface area contributed by atoms with E-state index in [0.29, 0.717) is 19.3 Å². The van der Waals surface area contributed by atoms with Crippen molar-refractivity contribution in [1.29, 1.82) is 0 Å². The highest BCUT2D eigenvalue weighted by Gasteiger charge is 2.29. The van der Waals surface area contributed by atoms with E-state index < -0.39 is 0 Å². The van der Waals surface area contributed by atoms with Gasteiger partial charge in [0.2, 0.25) is 17.7 Å². The maximum atomic E-state index is 11.7. The van der Waals surface area contributed by atoms with Gasteiger partial charge in [0, 0.05) is 19.3 Å². The van der Waals surface area contributed by atoms with Gasteiger partial charge in [-0.2, -0.15) is 0 Å². The highest BCUT2D eigenvalue weighted by atomic mass is 32.1. The Morgan fingerprint density at radius 3 is 1.20 bits per heavy atom. The summed E-state index contributed by atoms with van der Waals surface area (Å²) in [6.45, 7) is 10.1. The lowest BCUT2D eigenvalue weighted by Crippen LogP contribution is -2.59. The molecule has 0 spiro atoms. The maximum Gasteiger partial charge on any atom is 0.225 e. The minimum atomic E-state index is -0.0440. The Morgan fingerprint density at radius 2 is 1.04 bits per heavy atom. The van der Waals surface area contributed by atoms with Crippen LogP contribution in [0.3, 0.4) is 0 Å². The molecule has 0 bridgehead atoms. The van der Waals surface area contributed by atoms with Gasteiger partial charge in [0.05, 0.1) is 20.0 Å². The second-order valence-electron chi connectivity index (χ2n) is 5.63. The zero-order valence-corrected chi connectivity index (χ0v) is 16.4. The van der Waals surface area contributed by atoms with Crippen molar-refractivity contribution in [2.24, 2.45) is 0 Å². The molecule has 2 heterocycles. The van der Waals surface area contributed by atoms with Crippen molar-refractivity contribution in [2.75, 3.05) is 20.0 Å². The van der Waals surface area contributed by atoms with Crippen LogP contribution in [0.1, 0.15) is 50.0 Å². The first-order chi connectivity index (χ1) is 11.8.